The second kappa shape index (κ2) is 9.02. The molecule has 1 aromatic rings. The van der Waals surface area contributed by atoms with Gasteiger partial charge in [0.25, 0.3) is 0 Å². The summed E-state index contributed by atoms with van der Waals surface area (Å²) in [5.41, 5.74) is 0.676. The molecule has 1 N–H and O–H groups in total. The molecule has 1 unspecified atom stereocenters. The number of hydrogen-bond donors (Lipinski definition) is 1. The highest BCUT2D eigenvalue weighted by molar-refractivity contribution is 6.30. The Morgan fingerprint density at radius 2 is 1.82 bits per heavy atom. The van der Waals surface area contributed by atoms with Gasteiger partial charge < -0.3 is 15.1 Å². The Kier molecular flexibility index (Phi) is 6.89. The Morgan fingerprint density at radius 1 is 1.11 bits per heavy atom. The summed E-state index contributed by atoms with van der Waals surface area (Å²) in [4.78, 5) is 30.0. The topological polar surface area (TPSA) is 52.7 Å². The van der Waals surface area contributed by atoms with E-state index in [1.54, 1.807) is 0 Å². The van der Waals surface area contributed by atoms with E-state index in [0.29, 0.717) is 18.1 Å². The molecule has 0 radical (unpaired) electrons. The fourth-order valence-corrected chi connectivity index (χ4v) is 5.20. The van der Waals surface area contributed by atoms with Crippen molar-refractivity contribution in [3.05, 3.63) is 34.9 Å². The van der Waals surface area contributed by atoms with E-state index in [1.807, 2.05) is 34.1 Å². The van der Waals surface area contributed by atoms with Gasteiger partial charge in [-0.25, -0.2) is 0 Å². The van der Waals surface area contributed by atoms with Gasteiger partial charge in [0.15, 0.2) is 0 Å². The van der Waals surface area contributed by atoms with Gasteiger partial charge in [-0.2, -0.15) is 0 Å². The summed E-state index contributed by atoms with van der Waals surface area (Å²) in [6.45, 7) is 3.46. The normalized spacial score (nSPS) is 24.8. The van der Waals surface area contributed by atoms with Gasteiger partial charge >= 0.3 is 0 Å². The van der Waals surface area contributed by atoms with Crippen LogP contribution in [0.4, 0.5) is 0 Å². The highest BCUT2D eigenvalue weighted by atomic mass is 35.5. The largest absolute Gasteiger partial charge is 0.340 e. The molecule has 154 valence electrons. The van der Waals surface area contributed by atoms with Crippen molar-refractivity contribution in [2.24, 2.45) is 0 Å². The molecular weight excluding hydrogens is 397 g/mol. The summed E-state index contributed by atoms with van der Waals surface area (Å²) < 4.78 is 0. The summed E-state index contributed by atoms with van der Waals surface area (Å²) in [6.07, 6.45) is 5.93. The van der Waals surface area contributed by atoms with Gasteiger partial charge in [0.2, 0.25) is 11.8 Å². The number of benzene rings is 1. The van der Waals surface area contributed by atoms with Gasteiger partial charge in [0, 0.05) is 37.2 Å². The molecule has 2 aliphatic heterocycles. The molecule has 3 fully saturated rings. The molecule has 28 heavy (non-hydrogen) atoms. The average Bonchev–Trinajstić information content (AvgIpc) is 3.19. The molecule has 0 aromatic heterocycles. The highest BCUT2D eigenvalue weighted by Crippen LogP contribution is 2.43. The van der Waals surface area contributed by atoms with Gasteiger partial charge in [0.1, 0.15) is 0 Å². The van der Waals surface area contributed by atoms with Crippen molar-refractivity contribution in [2.75, 3.05) is 32.7 Å². The monoisotopic (exact) mass is 425 g/mol. The Balaban J connectivity index is 0.00000225. The minimum Gasteiger partial charge on any atom is -0.340 e. The van der Waals surface area contributed by atoms with Crippen LogP contribution in [-0.2, 0) is 15.0 Å². The number of rotatable bonds is 3. The van der Waals surface area contributed by atoms with Gasteiger partial charge in [-0.15, -0.1) is 12.4 Å². The standard InChI is InChI=1S/C21H28ClN3O2.ClH/c22-17-7-5-16(6-8-17)21(9-1-2-10-21)20(27)24-12-3-4-18(15-24)25-13-11-23-14-19(25)26;/h5-8,18,23H,1-4,9-15H2;1H. The van der Waals surface area contributed by atoms with E-state index in [4.69, 9.17) is 11.6 Å². The summed E-state index contributed by atoms with van der Waals surface area (Å²) in [5, 5.41) is 3.84. The zero-order chi connectivity index (χ0) is 18.9. The van der Waals surface area contributed by atoms with E-state index < -0.39 is 5.41 Å². The molecule has 2 amide bonds. The molecule has 0 bridgehead atoms. The number of piperazine rings is 1. The molecular formula is C21H29Cl2N3O2. The second-order valence-electron chi connectivity index (χ2n) is 8.11. The van der Waals surface area contributed by atoms with Crippen LogP contribution >= 0.6 is 24.0 Å². The van der Waals surface area contributed by atoms with Crippen LogP contribution in [-0.4, -0.2) is 60.4 Å². The van der Waals surface area contributed by atoms with Crippen LogP contribution in [0.2, 0.25) is 5.02 Å². The first-order valence-electron chi connectivity index (χ1n) is 10.2. The maximum absolute atomic E-state index is 13.7. The zero-order valence-electron chi connectivity index (χ0n) is 16.2. The van der Waals surface area contributed by atoms with Crippen LogP contribution in [0.1, 0.15) is 44.1 Å². The first-order valence-corrected chi connectivity index (χ1v) is 10.5. The molecule has 0 spiro atoms. The van der Waals surface area contributed by atoms with E-state index in [9.17, 15) is 9.59 Å². The lowest BCUT2D eigenvalue weighted by Gasteiger charge is -2.43. The molecule has 1 saturated carbocycles. The third-order valence-electron chi connectivity index (χ3n) is 6.51. The summed E-state index contributed by atoms with van der Waals surface area (Å²) in [5.74, 6) is 0.406. The number of carbonyl (C=O) groups is 2. The summed E-state index contributed by atoms with van der Waals surface area (Å²) in [6, 6.07) is 7.98. The third kappa shape index (κ3) is 4.03. The third-order valence-corrected chi connectivity index (χ3v) is 6.77. The van der Waals surface area contributed by atoms with Crippen LogP contribution < -0.4 is 5.32 Å². The smallest absolute Gasteiger partial charge is 0.236 e. The first-order chi connectivity index (χ1) is 13.1. The molecule has 4 rings (SSSR count). The van der Waals surface area contributed by atoms with Crippen molar-refractivity contribution >= 4 is 35.8 Å². The van der Waals surface area contributed by atoms with Crippen molar-refractivity contribution in [2.45, 2.75) is 50.0 Å². The fraction of sp³-hybridized carbons (Fsp3) is 0.619. The molecule has 5 nitrogen and oxygen atoms in total. The van der Waals surface area contributed by atoms with Crippen molar-refractivity contribution in [3.8, 4) is 0 Å². The van der Waals surface area contributed by atoms with Crippen LogP contribution in [0.3, 0.4) is 0 Å². The number of nitrogens with one attached hydrogen (secondary N) is 1. The van der Waals surface area contributed by atoms with Crippen molar-refractivity contribution < 1.29 is 9.59 Å². The van der Waals surface area contributed by atoms with Crippen molar-refractivity contribution in [3.63, 3.8) is 0 Å². The minimum atomic E-state index is -0.417. The summed E-state index contributed by atoms with van der Waals surface area (Å²) in [7, 11) is 0. The van der Waals surface area contributed by atoms with Gasteiger partial charge in [-0.3, -0.25) is 9.59 Å². The molecule has 3 aliphatic rings. The molecule has 1 aliphatic carbocycles. The number of carbonyl (C=O) groups excluding carboxylic acids is 2. The lowest BCUT2D eigenvalue weighted by molar-refractivity contribution is -0.143. The molecule has 1 aromatic carbocycles. The lowest BCUT2D eigenvalue weighted by Crippen LogP contribution is -2.59. The number of nitrogens with zero attached hydrogens (tertiary/aromatic N) is 2. The SMILES string of the molecule is Cl.O=C1CNCCN1C1CCCN(C(=O)C2(c3ccc(Cl)cc3)CCCC2)C1. The molecule has 2 heterocycles. The van der Waals surface area contributed by atoms with Crippen molar-refractivity contribution in [1.29, 1.82) is 0 Å². The average molecular weight is 426 g/mol. The molecule has 1 atom stereocenters. The van der Waals surface area contributed by atoms with E-state index in [-0.39, 0.29) is 30.3 Å². The van der Waals surface area contributed by atoms with Gasteiger partial charge in [0.05, 0.1) is 12.0 Å². The zero-order valence-corrected chi connectivity index (χ0v) is 17.7. The predicted octanol–water partition coefficient (Wildman–Crippen LogP) is 3.00. The van der Waals surface area contributed by atoms with Crippen LogP contribution in [0.5, 0.6) is 0 Å². The maximum atomic E-state index is 13.7. The Hall–Kier alpha value is -1.30. The van der Waals surface area contributed by atoms with E-state index in [0.717, 1.165) is 63.7 Å². The number of amides is 2. The fourth-order valence-electron chi connectivity index (χ4n) is 5.08. The second-order valence-corrected chi connectivity index (χ2v) is 8.54. The first kappa shape index (κ1) is 21.4. The Labute approximate surface area is 178 Å². The minimum absolute atomic E-state index is 0. The van der Waals surface area contributed by atoms with Gasteiger partial charge in [-0.05, 0) is 43.4 Å². The Bertz CT molecular complexity index is 704. The van der Waals surface area contributed by atoms with Crippen LogP contribution in [0.25, 0.3) is 0 Å². The van der Waals surface area contributed by atoms with Crippen molar-refractivity contribution in [1.82, 2.24) is 15.1 Å². The lowest BCUT2D eigenvalue weighted by atomic mass is 9.77. The van der Waals surface area contributed by atoms with Crippen LogP contribution in [0, 0.1) is 0 Å². The van der Waals surface area contributed by atoms with Gasteiger partial charge in [-0.1, -0.05) is 36.6 Å². The highest BCUT2D eigenvalue weighted by Gasteiger charge is 2.46. The van der Waals surface area contributed by atoms with E-state index >= 15 is 0 Å². The molecule has 2 saturated heterocycles. The number of piperidine rings is 1. The maximum Gasteiger partial charge on any atom is 0.236 e. The van der Waals surface area contributed by atoms with E-state index in [2.05, 4.69) is 5.32 Å². The summed E-state index contributed by atoms with van der Waals surface area (Å²) >= 11 is 6.07. The number of halogens is 2. The van der Waals surface area contributed by atoms with Crippen LogP contribution in [0.15, 0.2) is 24.3 Å². The van der Waals surface area contributed by atoms with E-state index in [1.165, 1.54) is 0 Å². The number of likely N-dealkylation sites (tertiary alicyclic amines) is 1. The Morgan fingerprint density at radius 3 is 2.50 bits per heavy atom. The quantitative estimate of drug-likeness (QED) is 0.809. The molecule has 7 heteroatoms. The number of hydrogen-bond acceptors (Lipinski definition) is 3. The predicted molar refractivity (Wildman–Crippen MR) is 113 cm³/mol.